The highest BCUT2D eigenvalue weighted by Gasteiger charge is 2.22. The number of para-hydroxylation sites is 1. The van der Waals surface area contributed by atoms with Gasteiger partial charge in [0.2, 0.25) is 0 Å². The second kappa shape index (κ2) is 6.78. The van der Waals surface area contributed by atoms with Gasteiger partial charge in [0.25, 0.3) is 0 Å². The Kier molecular flexibility index (Phi) is 4.18. The molecule has 6 heteroatoms. The molecule has 0 bridgehead atoms. The van der Waals surface area contributed by atoms with Gasteiger partial charge in [-0.2, -0.15) is 0 Å². The van der Waals surface area contributed by atoms with Gasteiger partial charge in [-0.15, -0.1) is 0 Å². The van der Waals surface area contributed by atoms with Crippen molar-refractivity contribution in [2.45, 2.75) is 12.8 Å². The molecule has 3 heterocycles. The van der Waals surface area contributed by atoms with Gasteiger partial charge in [-0.05, 0) is 37.0 Å². The van der Waals surface area contributed by atoms with Crippen LogP contribution in [-0.4, -0.2) is 39.6 Å². The van der Waals surface area contributed by atoms with Crippen LogP contribution in [0, 0.1) is 5.92 Å². The van der Waals surface area contributed by atoms with Crippen LogP contribution in [0.4, 0.5) is 5.82 Å². The highest BCUT2D eigenvalue weighted by Crippen LogP contribution is 2.27. The van der Waals surface area contributed by atoms with Crippen LogP contribution in [0.5, 0.6) is 6.01 Å². The van der Waals surface area contributed by atoms with Crippen molar-refractivity contribution in [3.8, 4) is 6.01 Å². The number of anilines is 1. The standard InChI is InChI=1S/C18H19N5O/c1-2-5-16-15(4-1)17(22-13-21-16)23-10-6-14(7-11-23)12-24-18-19-8-3-9-20-18/h1-5,8-9,13-14H,6-7,10-12H2. The van der Waals surface area contributed by atoms with E-state index in [1.165, 1.54) is 0 Å². The molecule has 0 aliphatic carbocycles. The molecule has 4 rings (SSSR count). The van der Waals surface area contributed by atoms with E-state index in [0.29, 0.717) is 18.5 Å². The Balaban J connectivity index is 1.39. The predicted molar refractivity (Wildman–Crippen MR) is 92.0 cm³/mol. The number of ether oxygens (including phenoxy) is 1. The van der Waals surface area contributed by atoms with Crippen molar-refractivity contribution >= 4 is 16.7 Å². The first-order chi connectivity index (χ1) is 11.9. The molecule has 1 fully saturated rings. The van der Waals surface area contributed by atoms with E-state index in [4.69, 9.17) is 4.74 Å². The number of piperidine rings is 1. The molecule has 1 aliphatic rings. The van der Waals surface area contributed by atoms with Crippen LogP contribution in [0.2, 0.25) is 0 Å². The van der Waals surface area contributed by atoms with Crippen molar-refractivity contribution in [1.82, 2.24) is 19.9 Å². The summed E-state index contributed by atoms with van der Waals surface area (Å²) in [5.41, 5.74) is 0.995. The summed E-state index contributed by atoms with van der Waals surface area (Å²) < 4.78 is 5.69. The summed E-state index contributed by atoms with van der Waals surface area (Å²) in [6.45, 7) is 2.62. The number of nitrogens with zero attached hydrogens (tertiary/aromatic N) is 5. The van der Waals surface area contributed by atoms with Crippen LogP contribution in [0.25, 0.3) is 10.9 Å². The quantitative estimate of drug-likeness (QED) is 0.736. The fraction of sp³-hybridized carbons (Fsp3) is 0.333. The normalized spacial score (nSPS) is 15.6. The fourth-order valence-corrected chi connectivity index (χ4v) is 3.11. The molecule has 1 aromatic carbocycles. The number of aromatic nitrogens is 4. The Hall–Kier alpha value is -2.76. The van der Waals surface area contributed by atoms with Gasteiger partial charge in [0.15, 0.2) is 0 Å². The zero-order chi connectivity index (χ0) is 16.2. The molecule has 0 N–H and O–H groups in total. The number of hydrogen-bond donors (Lipinski definition) is 0. The zero-order valence-electron chi connectivity index (χ0n) is 13.4. The van der Waals surface area contributed by atoms with E-state index in [0.717, 1.165) is 42.7 Å². The van der Waals surface area contributed by atoms with Gasteiger partial charge < -0.3 is 9.64 Å². The molecular weight excluding hydrogens is 302 g/mol. The van der Waals surface area contributed by atoms with E-state index in [1.807, 2.05) is 18.2 Å². The lowest BCUT2D eigenvalue weighted by atomic mass is 9.97. The molecular formula is C18H19N5O. The van der Waals surface area contributed by atoms with E-state index in [2.05, 4.69) is 30.9 Å². The Bertz CT molecular complexity index is 797. The summed E-state index contributed by atoms with van der Waals surface area (Å²) in [7, 11) is 0. The number of benzene rings is 1. The molecule has 0 amide bonds. The summed E-state index contributed by atoms with van der Waals surface area (Å²) in [4.78, 5) is 19.4. The molecule has 24 heavy (non-hydrogen) atoms. The number of rotatable bonds is 4. The topological polar surface area (TPSA) is 64.0 Å². The molecule has 1 aliphatic heterocycles. The van der Waals surface area contributed by atoms with Crippen molar-refractivity contribution in [3.05, 3.63) is 49.1 Å². The van der Waals surface area contributed by atoms with Crippen LogP contribution in [0.15, 0.2) is 49.1 Å². The summed E-state index contributed by atoms with van der Waals surface area (Å²) in [6.07, 6.45) is 7.20. The van der Waals surface area contributed by atoms with Crippen LogP contribution >= 0.6 is 0 Å². The summed E-state index contributed by atoms with van der Waals surface area (Å²) in [5, 5.41) is 1.12. The van der Waals surface area contributed by atoms with Gasteiger partial charge in [-0.3, -0.25) is 0 Å². The lowest BCUT2D eigenvalue weighted by molar-refractivity contribution is 0.208. The summed E-state index contributed by atoms with van der Waals surface area (Å²) in [6, 6.07) is 10.4. The molecule has 0 saturated carbocycles. The van der Waals surface area contributed by atoms with Gasteiger partial charge in [-0.1, -0.05) is 12.1 Å². The molecule has 2 aromatic heterocycles. The van der Waals surface area contributed by atoms with Crippen molar-refractivity contribution in [3.63, 3.8) is 0 Å². The number of fused-ring (bicyclic) bond motifs is 1. The predicted octanol–water partition coefficient (Wildman–Crippen LogP) is 2.72. The fourth-order valence-electron chi connectivity index (χ4n) is 3.11. The Morgan fingerprint density at radius 1 is 0.958 bits per heavy atom. The maximum atomic E-state index is 5.69. The summed E-state index contributed by atoms with van der Waals surface area (Å²) in [5.74, 6) is 1.56. The van der Waals surface area contributed by atoms with Crippen LogP contribution < -0.4 is 9.64 Å². The van der Waals surface area contributed by atoms with E-state index in [-0.39, 0.29) is 0 Å². The molecule has 0 spiro atoms. The average Bonchev–Trinajstić information content (AvgIpc) is 2.67. The highest BCUT2D eigenvalue weighted by molar-refractivity contribution is 5.89. The SMILES string of the molecule is c1cnc(OCC2CCN(c3ncnc4ccccc34)CC2)nc1. The minimum atomic E-state index is 0.460. The smallest absolute Gasteiger partial charge is 0.316 e. The van der Waals surface area contributed by atoms with E-state index in [1.54, 1.807) is 24.8 Å². The maximum absolute atomic E-state index is 5.69. The van der Waals surface area contributed by atoms with E-state index < -0.39 is 0 Å². The van der Waals surface area contributed by atoms with Crippen molar-refractivity contribution in [2.24, 2.45) is 5.92 Å². The number of hydrogen-bond acceptors (Lipinski definition) is 6. The minimum Gasteiger partial charge on any atom is -0.463 e. The first-order valence-electron chi connectivity index (χ1n) is 8.24. The second-order valence-corrected chi connectivity index (χ2v) is 5.99. The Morgan fingerprint density at radius 3 is 2.58 bits per heavy atom. The minimum absolute atomic E-state index is 0.460. The van der Waals surface area contributed by atoms with Crippen LogP contribution in [0.1, 0.15) is 12.8 Å². The van der Waals surface area contributed by atoms with Gasteiger partial charge >= 0.3 is 6.01 Å². The monoisotopic (exact) mass is 321 g/mol. The van der Waals surface area contributed by atoms with Crippen LogP contribution in [-0.2, 0) is 0 Å². The largest absolute Gasteiger partial charge is 0.463 e. The molecule has 122 valence electrons. The molecule has 3 aromatic rings. The summed E-state index contributed by atoms with van der Waals surface area (Å²) >= 11 is 0. The lowest BCUT2D eigenvalue weighted by Crippen LogP contribution is -2.36. The van der Waals surface area contributed by atoms with Crippen molar-refractivity contribution in [2.75, 3.05) is 24.6 Å². The second-order valence-electron chi connectivity index (χ2n) is 5.99. The molecule has 1 saturated heterocycles. The Morgan fingerprint density at radius 2 is 1.75 bits per heavy atom. The zero-order valence-corrected chi connectivity index (χ0v) is 13.4. The average molecular weight is 321 g/mol. The molecule has 0 atom stereocenters. The van der Waals surface area contributed by atoms with Crippen molar-refractivity contribution in [1.29, 1.82) is 0 Å². The first-order valence-corrected chi connectivity index (χ1v) is 8.24. The first kappa shape index (κ1) is 14.8. The van der Waals surface area contributed by atoms with Gasteiger partial charge in [0, 0.05) is 30.9 Å². The van der Waals surface area contributed by atoms with Gasteiger partial charge in [-0.25, -0.2) is 19.9 Å². The molecule has 6 nitrogen and oxygen atoms in total. The molecule has 0 radical (unpaired) electrons. The van der Waals surface area contributed by atoms with Gasteiger partial charge in [0.05, 0.1) is 12.1 Å². The molecule has 0 unspecified atom stereocenters. The maximum Gasteiger partial charge on any atom is 0.316 e. The van der Waals surface area contributed by atoms with Crippen molar-refractivity contribution < 1.29 is 4.74 Å². The van der Waals surface area contributed by atoms with Gasteiger partial charge in [0.1, 0.15) is 12.1 Å². The van der Waals surface area contributed by atoms with E-state index in [9.17, 15) is 0 Å². The highest BCUT2D eigenvalue weighted by atomic mass is 16.5. The third-order valence-electron chi connectivity index (χ3n) is 4.43. The Labute approximate surface area is 140 Å². The third-order valence-corrected chi connectivity index (χ3v) is 4.43. The third kappa shape index (κ3) is 3.13. The lowest BCUT2D eigenvalue weighted by Gasteiger charge is -2.33. The van der Waals surface area contributed by atoms with E-state index >= 15 is 0 Å². The van der Waals surface area contributed by atoms with Crippen LogP contribution in [0.3, 0.4) is 0 Å².